The van der Waals surface area contributed by atoms with Crippen LogP contribution in [0.3, 0.4) is 0 Å². The monoisotopic (exact) mass is 340 g/mol. The maximum Gasteiger partial charge on any atom is 0.297 e. The average Bonchev–Trinajstić information content (AvgIpc) is 2.93. The molecular formula is C18H20N4O3. The molecule has 0 atom stereocenters. The van der Waals surface area contributed by atoms with Gasteiger partial charge in [-0.2, -0.15) is 0 Å². The van der Waals surface area contributed by atoms with E-state index in [1.54, 1.807) is 0 Å². The number of fused-ring (bicyclic) bond motifs is 2. The van der Waals surface area contributed by atoms with E-state index in [-0.39, 0.29) is 5.69 Å². The Balaban J connectivity index is 1.64. The standard InChI is InChI=1S/C18H20N4O3/c23-15-14(16(24)19-10-12-4-2-1-3-5-12)20-18-21-8-6-13(7-9-21)11-22(18)17(15)25/h1-5,13,23H,6-11H2,(H,19,24). The van der Waals surface area contributed by atoms with Crippen LogP contribution in [0.25, 0.3) is 0 Å². The first-order chi connectivity index (χ1) is 12.1. The zero-order valence-corrected chi connectivity index (χ0v) is 13.8. The van der Waals surface area contributed by atoms with Crippen molar-refractivity contribution in [3.8, 4) is 5.75 Å². The van der Waals surface area contributed by atoms with Crippen LogP contribution in [0.5, 0.6) is 5.75 Å². The van der Waals surface area contributed by atoms with E-state index in [9.17, 15) is 14.7 Å². The van der Waals surface area contributed by atoms with Crippen molar-refractivity contribution < 1.29 is 9.90 Å². The molecular weight excluding hydrogens is 320 g/mol. The number of rotatable bonds is 3. The molecule has 130 valence electrons. The van der Waals surface area contributed by atoms with E-state index >= 15 is 0 Å². The zero-order valence-electron chi connectivity index (χ0n) is 13.8. The van der Waals surface area contributed by atoms with Gasteiger partial charge in [-0.25, -0.2) is 4.98 Å². The van der Waals surface area contributed by atoms with Crippen LogP contribution in [-0.2, 0) is 13.1 Å². The first-order valence-corrected chi connectivity index (χ1v) is 8.54. The Hall–Kier alpha value is -2.83. The van der Waals surface area contributed by atoms with Crippen molar-refractivity contribution >= 4 is 11.9 Å². The maximum absolute atomic E-state index is 12.6. The van der Waals surface area contributed by atoms with E-state index < -0.39 is 17.2 Å². The highest BCUT2D eigenvalue weighted by atomic mass is 16.3. The summed E-state index contributed by atoms with van der Waals surface area (Å²) < 4.78 is 1.51. The summed E-state index contributed by atoms with van der Waals surface area (Å²) in [6, 6.07) is 9.45. The number of hydrogen-bond acceptors (Lipinski definition) is 5. The molecule has 0 saturated carbocycles. The van der Waals surface area contributed by atoms with Crippen LogP contribution in [0.1, 0.15) is 28.9 Å². The molecule has 2 bridgehead atoms. The van der Waals surface area contributed by atoms with Crippen LogP contribution in [0.4, 0.5) is 5.95 Å². The second kappa shape index (κ2) is 6.23. The molecule has 25 heavy (non-hydrogen) atoms. The number of carbonyl (C=O) groups excluding carboxylic acids is 1. The van der Waals surface area contributed by atoms with Gasteiger partial charge in [0.1, 0.15) is 0 Å². The molecule has 7 nitrogen and oxygen atoms in total. The fourth-order valence-electron chi connectivity index (χ4n) is 3.53. The summed E-state index contributed by atoms with van der Waals surface area (Å²) in [5.74, 6) is -0.194. The fraction of sp³-hybridized carbons (Fsp3) is 0.389. The van der Waals surface area contributed by atoms with Gasteiger partial charge in [0.15, 0.2) is 5.69 Å². The van der Waals surface area contributed by atoms with Gasteiger partial charge in [0, 0.05) is 26.2 Å². The molecule has 0 aliphatic carbocycles. The van der Waals surface area contributed by atoms with Crippen LogP contribution in [0, 0.1) is 5.92 Å². The molecule has 2 aromatic rings. The molecule has 0 spiro atoms. The number of carbonyl (C=O) groups is 1. The van der Waals surface area contributed by atoms with Crippen molar-refractivity contribution in [2.75, 3.05) is 18.0 Å². The molecule has 7 heteroatoms. The van der Waals surface area contributed by atoms with Gasteiger partial charge in [0.05, 0.1) is 0 Å². The normalized spacial score (nSPS) is 16.4. The summed E-state index contributed by atoms with van der Waals surface area (Å²) in [7, 11) is 0. The van der Waals surface area contributed by atoms with Crippen LogP contribution in [0.2, 0.25) is 0 Å². The topological polar surface area (TPSA) is 87.5 Å². The lowest BCUT2D eigenvalue weighted by atomic mass is 9.98. The maximum atomic E-state index is 12.6. The minimum absolute atomic E-state index is 0.197. The smallest absolute Gasteiger partial charge is 0.297 e. The number of aromatic nitrogens is 2. The zero-order chi connectivity index (χ0) is 17.4. The Morgan fingerprint density at radius 2 is 1.96 bits per heavy atom. The Morgan fingerprint density at radius 3 is 2.68 bits per heavy atom. The highest BCUT2D eigenvalue weighted by molar-refractivity contribution is 5.95. The van der Waals surface area contributed by atoms with Crippen LogP contribution in [0.15, 0.2) is 35.1 Å². The van der Waals surface area contributed by atoms with Gasteiger partial charge in [-0.05, 0) is 24.3 Å². The number of benzene rings is 1. The predicted molar refractivity (Wildman–Crippen MR) is 92.7 cm³/mol. The Bertz CT molecular complexity index is 855. The van der Waals surface area contributed by atoms with Gasteiger partial charge in [0.2, 0.25) is 11.7 Å². The van der Waals surface area contributed by atoms with Gasteiger partial charge in [-0.15, -0.1) is 0 Å². The van der Waals surface area contributed by atoms with Crippen molar-refractivity contribution in [3.63, 3.8) is 0 Å². The molecule has 1 aromatic carbocycles. The third-order valence-corrected chi connectivity index (χ3v) is 4.97. The molecule has 5 rings (SSSR count). The molecule has 0 radical (unpaired) electrons. The Kier molecular flexibility index (Phi) is 3.91. The first-order valence-electron chi connectivity index (χ1n) is 8.54. The van der Waals surface area contributed by atoms with Gasteiger partial charge in [-0.3, -0.25) is 14.2 Å². The van der Waals surface area contributed by atoms with E-state index in [4.69, 9.17) is 0 Å². The summed E-state index contributed by atoms with van der Waals surface area (Å²) in [6.45, 7) is 2.52. The number of amides is 1. The Labute approximate surface area is 144 Å². The van der Waals surface area contributed by atoms with Crippen LogP contribution in [-0.4, -0.2) is 33.7 Å². The average molecular weight is 340 g/mol. The van der Waals surface area contributed by atoms with E-state index in [2.05, 4.69) is 10.3 Å². The molecule has 3 aliphatic heterocycles. The van der Waals surface area contributed by atoms with Crippen LogP contribution < -0.4 is 15.8 Å². The number of anilines is 1. The predicted octanol–water partition coefficient (Wildman–Crippen LogP) is 1.11. The third kappa shape index (κ3) is 2.86. The minimum Gasteiger partial charge on any atom is -0.501 e. The van der Waals surface area contributed by atoms with E-state index in [0.29, 0.717) is 25.0 Å². The van der Waals surface area contributed by atoms with Gasteiger partial charge in [-0.1, -0.05) is 30.3 Å². The lowest BCUT2D eigenvalue weighted by molar-refractivity contribution is 0.0942. The van der Waals surface area contributed by atoms with Crippen molar-refractivity contribution in [1.82, 2.24) is 14.9 Å². The van der Waals surface area contributed by atoms with Gasteiger partial charge in [0.25, 0.3) is 11.5 Å². The van der Waals surface area contributed by atoms with Gasteiger partial charge < -0.3 is 15.3 Å². The van der Waals surface area contributed by atoms with Crippen molar-refractivity contribution in [2.24, 2.45) is 5.92 Å². The number of piperidine rings is 1. The van der Waals surface area contributed by atoms with E-state index in [1.807, 2.05) is 35.2 Å². The van der Waals surface area contributed by atoms with Crippen molar-refractivity contribution in [2.45, 2.75) is 25.9 Å². The SMILES string of the molecule is O=C(NCc1ccccc1)c1nc2n(c(=O)c1O)CC1CCN2CC1. The largest absolute Gasteiger partial charge is 0.501 e. The van der Waals surface area contributed by atoms with Crippen molar-refractivity contribution in [3.05, 3.63) is 51.9 Å². The second-order valence-corrected chi connectivity index (χ2v) is 6.62. The lowest BCUT2D eigenvalue weighted by Gasteiger charge is -2.27. The number of hydrogen-bond donors (Lipinski definition) is 2. The molecule has 1 aromatic heterocycles. The molecule has 1 fully saturated rings. The molecule has 1 saturated heterocycles. The molecule has 1 amide bonds. The van der Waals surface area contributed by atoms with Crippen LogP contribution >= 0.6 is 0 Å². The highest BCUT2D eigenvalue weighted by Gasteiger charge is 2.31. The minimum atomic E-state index is -0.572. The quantitative estimate of drug-likeness (QED) is 0.874. The van der Waals surface area contributed by atoms with Gasteiger partial charge >= 0.3 is 0 Å². The summed E-state index contributed by atoms with van der Waals surface area (Å²) in [5, 5.41) is 13.0. The second-order valence-electron chi connectivity index (χ2n) is 6.62. The number of nitrogens with zero attached hydrogens (tertiary/aromatic N) is 3. The lowest BCUT2D eigenvalue weighted by Crippen LogP contribution is -2.35. The molecule has 0 unspecified atom stereocenters. The third-order valence-electron chi connectivity index (χ3n) is 4.97. The molecule has 2 N–H and O–H groups in total. The van der Waals surface area contributed by atoms with E-state index in [0.717, 1.165) is 31.5 Å². The summed E-state index contributed by atoms with van der Waals surface area (Å²) in [6.07, 6.45) is 2.00. The summed E-state index contributed by atoms with van der Waals surface area (Å²) >= 11 is 0. The summed E-state index contributed by atoms with van der Waals surface area (Å²) in [4.78, 5) is 31.4. The molecule has 3 aliphatic rings. The summed E-state index contributed by atoms with van der Waals surface area (Å²) in [5.41, 5.74) is 0.204. The highest BCUT2D eigenvalue weighted by Crippen LogP contribution is 2.29. The first kappa shape index (κ1) is 15.7. The fourth-order valence-corrected chi connectivity index (χ4v) is 3.53. The number of aromatic hydroxyl groups is 1. The molecule has 4 heterocycles. The van der Waals surface area contributed by atoms with Crippen molar-refractivity contribution in [1.29, 1.82) is 0 Å². The number of nitrogens with one attached hydrogen (secondary N) is 1. The van der Waals surface area contributed by atoms with E-state index in [1.165, 1.54) is 4.57 Å². The Morgan fingerprint density at radius 1 is 1.24 bits per heavy atom.